The molecule has 1 heterocycles. The lowest BCUT2D eigenvalue weighted by molar-refractivity contribution is -0.137. The number of hydrogen-bond acceptors (Lipinski definition) is 4. The van der Waals surface area contributed by atoms with Gasteiger partial charge in [0.1, 0.15) is 22.5 Å². The fraction of sp³-hybridized carbons (Fsp3) is 0.350. The molecule has 0 aliphatic heterocycles. The van der Waals surface area contributed by atoms with E-state index < -0.39 is 5.97 Å². The summed E-state index contributed by atoms with van der Waals surface area (Å²) in [7, 11) is 0. The maximum Gasteiger partial charge on any atom is 0.303 e. The highest BCUT2D eigenvalue weighted by Crippen LogP contribution is 2.36. The zero-order valence-electron chi connectivity index (χ0n) is 15.2. The average Bonchev–Trinajstić information content (AvgIpc) is 2.98. The first-order valence-electron chi connectivity index (χ1n) is 8.66. The second-order valence-electron chi connectivity index (χ2n) is 7.49. The Morgan fingerprint density at radius 1 is 1.12 bits per heavy atom. The first-order chi connectivity index (χ1) is 12.3. The number of phenolic OH excluding ortho intramolecular Hbond substituents is 1. The van der Waals surface area contributed by atoms with E-state index in [2.05, 4.69) is 10.2 Å². The van der Waals surface area contributed by atoms with Gasteiger partial charge in [0.05, 0.1) is 0 Å². The van der Waals surface area contributed by atoms with Gasteiger partial charge in [-0.3, -0.25) is 4.79 Å². The number of nitrogens with zero attached hydrogens (tertiary/aromatic N) is 3. The van der Waals surface area contributed by atoms with E-state index in [0.29, 0.717) is 18.5 Å². The van der Waals surface area contributed by atoms with Gasteiger partial charge in [0, 0.05) is 12.0 Å². The molecule has 6 nitrogen and oxygen atoms in total. The van der Waals surface area contributed by atoms with Crippen LogP contribution in [0.15, 0.2) is 36.4 Å². The van der Waals surface area contributed by atoms with Gasteiger partial charge in [-0.05, 0) is 42.0 Å². The number of aliphatic carboxylic acids is 1. The van der Waals surface area contributed by atoms with Crippen LogP contribution in [-0.2, 0) is 16.6 Å². The van der Waals surface area contributed by atoms with Crippen LogP contribution in [0, 0.1) is 0 Å². The molecule has 0 spiro atoms. The molecule has 0 saturated heterocycles. The van der Waals surface area contributed by atoms with E-state index in [4.69, 9.17) is 5.11 Å². The number of carboxylic acids is 1. The van der Waals surface area contributed by atoms with E-state index in [1.54, 1.807) is 0 Å². The summed E-state index contributed by atoms with van der Waals surface area (Å²) in [5.41, 5.74) is 3.50. The van der Waals surface area contributed by atoms with Gasteiger partial charge in [-0.15, -0.1) is 15.0 Å². The zero-order valence-corrected chi connectivity index (χ0v) is 15.2. The maximum absolute atomic E-state index is 10.8. The van der Waals surface area contributed by atoms with Crippen molar-refractivity contribution in [1.82, 2.24) is 15.0 Å². The Hall–Kier alpha value is -2.89. The van der Waals surface area contributed by atoms with Gasteiger partial charge in [-0.25, -0.2) is 0 Å². The van der Waals surface area contributed by atoms with Crippen molar-refractivity contribution in [3.63, 3.8) is 0 Å². The summed E-state index contributed by atoms with van der Waals surface area (Å²) in [5, 5.41) is 28.7. The van der Waals surface area contributed by atoms with Crippen molar-refractivity contribution in [1.29, 1.82) is 0 Å². The summed E-state index contributed by atoms with van der Waals surface area (Å²) in [4.78, 5) is 12.2. The van der Waals surface area contributed by atoms with Gasteiger partial charge >= 0.3 is 5.97 Å². The number of fused-ring (bicyclic) bond motifs is 1. The van der Waals surface area contributed by atoms with Crippen LogP contribution in [0.5, 0.6) is 5.75 Å². The fourth-order valence-electron chi connectivity index (χ4n) is 2.96. The molecule has 2 N–H and O–H groups in total. The molecule has 0 amide bonds. The number of aromatic hydroxyl groups is 1. The fourth-order valence-corrected chi connectivity index (χ4v) is 2.96. The molecule has 2 aromatic carbocycles. The molecule has 0 atom stereocenters. The van der Waals surface area contributed by atoms with Crippen molar-refractivity contribution in [3.05, 3.63) is 47.5 Å². The van der Waals surface area contributed by atoms with Gasteiger partial charge in [0.25, 0.3) is 0 Å². The zero-order chi connectivity index (χ0) is 18.9. The number of rotatable bonds is 5. The number of carbonyl (C=O) groups is 1. The van der Waals surface area contributed by atoms with Crippen LogP contribution in [0.3, 0.4) is 0 Å². The number of aromatic nitrogens is 3. The Kier molecular flexibility index (Phi) is 4.68. The van der Waals surface area contributed by atoms with E-state index in [1.165, 1.54) is 4.80 Å². The van der Waals surface area contributed by atoms with Crippen LogP contribution in [0.25, 0.3) is 16.7 Å². The summed E-state index contributed by atoms with van der Waals surface area (Å²) in [6, 6.07) is 11.3. The standard InChI is InChI=1S/C20H23N3O3/c1-20(2,3)14-11-13(7-6-10-18(24)25)12-17(19(14)26)23-21-15-8-4-5-9-16(15)22-23/h4-5,8-9,11-12,26H,6-7,10H2,1-3H3,(H,24,25). The molecule has 136 valence electrons. The molecule has 0 saturated carbocycles. The van der Waals surface area contributed by atoms with E-state index in [-0.39, 0.29) is 17.6 Å². The summed E-state index contributed by atoms with van der Waals surface area (Å²) < 4.78 is 0. The van der Waals surface area contributed by atoms with Crippen molar-refractivity contribution < 1.29 is 15.0 Å². The van der Waals surface area contributed by atoms with Crippen LogP contribution >= 0.6 is 0 Å². The normalized spacial score (nSPS) is 11.8. The van der Waals surface area contributed by atoms with Crippen molar-refractivity contribution in [2.75, 3.05) is 0 Å². The largest absolute Gasteiger partial charge is 0.505 e. The molecule has 3 rings (SSSR count). The summed E-state index contributed by atoms with van der Waals surface area (Å²) in [6.07, 6.45) is 1.27. The summed E-state index contributed by atoms with van der Waals surface area (Å²) in [5.74, 6) is -0.653. The monoisotopic (exact) mass is 353 g/mol. The molecule has 0 unspecified atom stereocenters. The minimum absolute atomic E-state index is 0.116. The molecule has 3 aromatic rings. The third kappa shape index (κ3) is 3.69. The average molecular weight is 353 g/mol. The van der Waals surface area contributed by atoms with Crippen LogP contribution in [0.4, 0.5) is 0 Å². The van der Waals surface area contributed by atoms with Gasteiger partial charge in [0.15, 0.2) is 0 Å². The minimum Gasteiger partial charge on any atom is -0.505 e. The van der Waals surface area contributed by atoms with Gasteiger partial charge in [-0.1, -0.05) is 39.0 Å². The predicted molar refractivity (Wildman–Crippen MR) is 99.8 cm³/mol. The highest BCUT2D eigenvalue weighted by atomic mass is 16.4. The minimum atomic E-state index is -0.806. The second-order valence-corrected chi connectivity index (χ2v) is 7.49. The quantitative estimate of drug-likeness (QED) is 0.728. The van der Waals surface area contributed by atoms with Gasteiger partial charge in [0.2, 0.25) is 0 Å². The Morgan fingerprint density at radius 3 is 2.27 bits per heavy atom. The maximum atomic E-state index is 10.8. The SMILES string of the molecule is CC(C)(C)c1cc(CCCC(=O)O)cc(-n2nc3ccccc3n2)c1O. The lowest BCUT2D eigenvalue weighted by Crippen LogP contribution is -2.14. The topological polar surface area (TPSA) is 88.2 Å². The Balaban J connectivity index is 2.08. The first-order valence-corrected chi connectivity index (χ1v) is 8.66. The van der Waals surface area contributed by atoms with E-state index in [9.17, 15) is 9.90 Å². The number of benzene rings is 2. The Morgan fingerprint density at radius 2 is 1.73 bits per heavy atom. The highest BCUT2D eigenvalue weighted by Gasteiger charge is 2.23. The van der Waals surface area contributed by atoms with Crippen LogP contribution < -0.4 is 0 Å². The number of phenols is 1. The van der Waals surface area contributed by atoms with Crippen molar-refractivity contribution in [3.8, 4) is 11.4 Å². The molecule has 1 aromatic heterocycles. The van der Waals surface area contributed by atoms with E-state index in [0.717, 1.165) is 22.2 Å². The van der Waals surface area contributed by atoms with Gasteiger partial charge in [-0.2, -0.15) is 0 Å². The van der Waals surface area contributed by atoms with Crippen LogP contribution in [0.2, 0.25) is 0 Å². The Bertz CT molecular complexity index is 922. The first kappa shape index (κ1) is 17.9. The predicted octanol–water partition coefficient (Wildman–Crippen LogP) is 3.83. The lowest BCUT2D eigenvalue weighted by Gasteiger charge is -2.23. The van der Waals surface area contributed by atoms with Gasteiger partial charge < -0.3 is 10.2 Å². The molecular weight excluding hydrogens is 330 g/mol. The smallest absolute Gasteiger partial charge is 0.303 e. The highest BCUT2D eigenvalue weighted by molar-refractivity contribution is 5.73. The lowest BCUT2D eigenvalue weighted by atomic mass is 9.84. The van der Waals surface area contributed by atoms with Crippen LogP contribution in [0.1, 0.15) is 44.7 Å². The molecule has 26 heavy (non-hydrogen) atoms. The molecule has 0 radical (unpaired) electrons. The third-order valence-corrected chi connectivity index (χ3v) is 4.32. The van der Waals surface area contributed by atoms with E-state index in [1.807, 2.05) is 57.2 Å². The number of carboxylic acid groups (broad SMARTS) is 1. The molecule has 0 fully saturated rings. The molecule has 0 aliphatic carbocycles. The van der Waals surface area contributed by atoms with Crippen molar-refractivity contribution in [2.24, 2.45) is 0 Å². The second kappa shape index (κ2) is 6.78. The number of hydrogen-bond donors (Lipinski definition) is 2. The van der Waals surface area contributed by atoms with Crippen LogP contribution in [-0.4, -0.2) is 31.2 Å². The summed E-state index contributed by atoms with van der Waals surface area (Å²) in [6.45, 7) is 6.08. The van der Waals surface area contributed by atoms with Crippen molar-refractivity contribution >= 4 is 17.0 Å². The molecular formula is C20H23N3O3. The van der Waals surface area contributed by atoms with Crippen molar-refractivity contribution in [2.45, 2.75) is 45.4 Å². The molecule has 6 heteroatoms. The Labute approximate surface area is 152 Å². The molecule has 0 aliphatic rings. The molecule has 0 bridgehead atoms. The van der Waals surface area contributed by atoms with E-state index >= 15 is 0 Å². The summed E-state index contributed by atoms with van der Waals surface area (Å²) >= 11 is 0. The number of aryl methyl sites for hydroxylation is 1. The third-order valence-electron chi connectivity index (χ3n) is 4.32.